The second-order valence-corrected chi connectivity index (χ2v) is 4.28. The first-order valence-corrected chi connectivity index (χ1v) is 6.31. The van der Waals surface area contributed by atoms with Gasteiger partial charge in [0, 0.05) is 0 Å². The van der Waals surface area contributed by atoms with Crippen molar-refractivity contribution in [2.24, 2.45) is 0 Å². The lowest BCUT2D eigenvalue weighted by Crippen LogP contribution is -1.95. The van der Waals surface area contributed by atoms with Gasteiger partial charge in [-0.05, 0) is 35.2 Å². The van der Waals surface area contributed by atoms with Crippen LogP contribution in [0.2, 0.25) is 0 Å². The zero-order chi connectivity index (χ0) is 13.7. The molecule has 0 unspecified atom stereocenters. The molecule has 2 aromatic rings. The second-order valence-electron chi connectivity index (χ2n) is 4.28. The van der Waals surface area contributed by atoms with E-state index in [0.717, 1.165) is 23.1 Å². The first-order valence-electron chi connectivity index (χ1n) is 6.31. The van der Waals surface area contributed by atoms with Crippen LogP contribution in [0.5, 0.6) is 0 Å². The van der Waals surface area contributed by atoms with Gasteiger partial charge in [0.15, 0.2) is 0 Å². The molecule has 0 spiro atoms. The van der Waals surface area contributed by atoms with E-state index in [0.29, 0.717) is 5.56 Å². The fraction of sp³-hybridized carbons (Fsp3) is 0.118. The number of benzene rings is 2. The molecule has 2 rings (SSSR count). The van der Waals surface area contributed by atoms with Crippen LogP contribution < -0.4 is 0 Å². The topological polar surface area (TPSA) is 37.3 Å². The van der Waals surface area contributed by atoms with Gasteiger partial charge >= 0.3 is 5.97 Å². The molecule has 0 radical (unpaired) electrons. The molecule has 19 heavy (non-hydrogen) atoms. The van der Waals surface area contributed by atoms with Crippen molar-refractivity contribution in [3.8, 4) is 11.1 Å². The highest BCUT2D eigenvalue weighted by atomic mass is 16.4. The molecule has 1 N–H and O–H groups in total. The number of hydrogen-bond donors (Lipinski definition) is 1. The van der Waals surface area contributed by atoms with Gasteiger partial charge in [0.05, 0.1) is 5.56 Å². The van der Waals surface area contributed by atoms with Gasteiger partial charge in [-0.15, -0.1) is 0 Å². The number of rotatable bonds is 4. The second kappa shape index (κ2) is 6.01. The van der Waals surface area contributed by atoms with E-state index in [-0.39, 0.29) is 0 Å². The summed E-state index contributed by atoms with van der Waals surface area (Å²) < 4.78 is 0. The van der Waals surface area contributed by atoms with Crippen LogP contribution in [0.15, 0.2) is 54.6 Å². The van der Waals surface area contributed by atoms with Crippen molar-refractivity contribution in [1.82, 2.24) is 0 Å². The molecule has 0 bridgehead atoms. The Labute approximate surface area is 113 Å². The van der Waals surface area contributed by atoms with Crippen molar-refractivity contribution in [2.75, 3.05) is 0 Å². The normalized spacial score (nSPS) is 10.8. The lowest BCUT2D eigenvalue weighted by Gasteiger charge is -2.06. The summed E-state index contributed by atoms with van der Waals surface area (Å²) in [6.07, 6.45) is 5.21. The molecule has 96 valence electrons. The highest BCUT2D eigenvalue weighted by Gasteiger charge is 2.05. The molecule has 0 heterocycles. The largest absolute Gasteiger partial charge is 0.478 e. The Bertz CT molecular complexity index is 595. The Morgan fingerprint density at radius 2 is 1.79 bits per heavy atom. The summed E-state index contributed by atoms with van der Waals surface area (Å²) in [5.41, 5.74) is 3.60. The molecule has 0 saturated carbocycles. The Morgan fingerprint density at radius 1 is 1.11 bits per heavy atom. The van der Waals surface area contributed by atoms with Crippen LogP contribution in [0.1, 0.15) is 29.3 Å². The zero-order valence-electron chi connectivity index (χ0n) is 10.8. The first-order chi connectivity index (χ1) is 9.22. The van der Waals surface area contributed by atoms with E-state index in [1.807, 2.05) is 30.3 Å². The van der Waals surface area contributed by atoms with Gasteiger partial charge < -0.3 is 5.11 Å². The summed E-state index contributed by atoms with van der Waals surface area (Å²) in [7, 11) is 0. The van der Waals surface area contributed by atoms with Crippen LogP contribution in [0.25, 0.3) is 17.2 Å². The smallest absolute Gasteiger partial charge is 0.335 e. The fourth-order valence-corrected chi connectivity index (χ4v) is 1.94. The summed E-state index contributed by atoms with van der Waals surface area (Å²) >= 11 is 0. The number of carboxylic acids is 1. The summed E-state index contributed by atoms with van der Waals surface area (Å²) in [5, 5.41) is 8.91. The van der Waals surface area contributed by atoms with E-state index in [2.05, 4.69) is 25.1 Å². The third-order valence-corrected chi connectivity index (χ3v) is 2.94. The molecule has 2 nitrogen and oxygen atoms in total. The van der Waals surface area contributed by atoms with Crippen LogP contribution >= 0.6 is 0 Å². The number of carbonyl (C=O) groups is 1. The molecule has 0 aliphatic rings. The predicted molar refractivity (Wildman–Crippen MR) is 78.2 cm³/mol. The van der Waals surface area contributed by atoms with Crippen molar-refractivity contribution in [1.29, 1.82) is 0 Å². The van der Waals surface area contributed by atoms with Crippen molar-refractivity contribution in [3.63, 3.8) is 0 Å². The van der Waals surface area contributed by atoms with E-state index < -0.39 is 5.97 Å². The minimum Gasteiger partial charge on any atom is -0.478 e. The van der Waals surface area contributed by atoms with E-state index >= 15 is 0 Å². The van der Waals surface area contributed by atoms with Gasteiger partial charge in [-0.2, -0.15) is 0 Å². The summed E-state index contributed by atoms with van der Waals surface area (Å²) in [6.45, 7) is 2.10. The molecule has 0 aromatic heterocycles. The van der Waals surface area contributed by atoms with Gasteiger partial charge in [-0.25, -0.2) is 4.79 Å². The van der Waals surface area contributed by atoms with E-state index in [1.54, 1.807) is 12.1 Å². The highest BCUT2D eigenvalue weighted by Crippen LogP contribution is 2.25. The minimum absolute atomic E-state index is 0.310. The molecular formula is C17H16O2. The molecule has 2 heteroatoms. The zero-order valence-corrected chi connectivity index (χ0v) is 10.8. The Morgan fingerprint density at radius 3 is 2.42 bits per heavy atom. The van der Waals surface area contributed by atoms with Crippen LogP contribution in [-0.2, 0) is 0 Å². The quantitative estimate of drug-likeness (QED) is 0.871. The third-order valence-electron chi connectivity index (χ3n) is 2.94. The predicted octanol–water partition coefficient (Wildman–Crippen LogP) is 4.48. The molecular weight excluding hydrogens is 236 g/mol. The molecule has 0 fully saturated rings. The number of aromatic carboxylic acids is 1. The van der Waals surface area contributed by atoms with Gasteiger partial charge in [0.2, 0.25) is 0 Å². The third kappa shape index (κ3) is 3.10. The van der Waals surface area contributed by atoms with E-state index in [1.165, 1.54) is 0 Å². The SMILES string of the molecule is CCC=Cc1ccccc1-c1ccc(C(=O)O)cc1. The van der Waals surface area contributed by atoms with Gasteiger partial charge in [0.1, 0.15) is 0 Å². The van der Waals surface area contributed by atoms with E-state index in [4.69, 9.17) is 5.11 Å². The lowest BCUT2D eigenvalue weighted by atomic mass is 9.98. The Balaban J connectivity index is 2.41. The van der Waals surface area contributed by atoms with Gasteiger partial charge in [-0.3, -0.25) is 0 Å². The standard InChI is InChI=1S/C17H16O2/c1-2-3-6-13-7-4-5-8-16(13)14-9-11-15(12-10-14)17(18)19/h3-12H,2H2,1H3,(H,18,19). The van der Waals surface area contributed by atoms with Gasteiger partial charge in [-0.1, -0.05) is 55.5 Å². The molecule has 0 atom stereocenters. The van der Waals surface area contributed by atoms with E-state index in [9.17, 15) is 4.79 Å². The minimum atomic E-state index is -0.897. The summed E-state index contributed by atoms with van der Waals surface area (Å²) in [4.78, 5) is 10.8. The van der Waals surface area contributed by atoms with Crippen LogP contribution in [0.4, 0.5) is 0 Å². The number of allylic oxidation sites excluding steroid dienone is 1. The van der Waals surface area contributed by atoms with Crippen LogP contribution in [0, 0.1) is 0 Å². The van der Waals surface area contributed by atoms with Crippen molar-refractivity contribution in [3.05, 3.63) is 65.7 Å². The number of hydrogen-bond acceptors (Lipinski definition) is 1. The molecule has 2 aromatic carbocycles. The lowest BCUT2D eigenvalue weighted by molar-refractivity contribution is 0.0697. The summed E-state index contributed by atoms with van der Waals surface area (Å²) in [6, 6.07) is 15.1. The molecule has 0 aliphatic heterocycles. The molecule has 0 amide bonds. The average molecular weight is 252 g/mol. The maximum atomic E-state index is 10.8. The van der Waals surface area contributed by atoms with Crippen molar-refractivity contribution >= 4 is 12.0 Å². The van der Waals surface area contributed by atoms with Crippen LogP contribution in [0.3, 0.4) is 0 Å². The first kappa shape index (κ1) is 13.1. The molecule has 0 saturated heterocycles. The van der Waals surface area contributed by atoms with Crippen molar-refractivity contribution < 1.29 is 9.90 Å². The Hall–Kier alpha value is -2.35. The van der Waals surface area contributed by atoms with Crippen LogP contribution in [-0.4, -0.2) is 11.1 Å². The molecule has 0 aliphatic carbocycles. The summed E-state index contributed by atoms with van der Waals surface area (Å²) in [5.74, 6) is -0.897. The highest BCUT2D eigenvalue weighted by molar-refractivity contribution is 5.88. The Kier molecular flexibility index (Phi) is 4.14. The average Bonchev–Trinajstić information content (AvgIpc) is 2.45. The van der Waals surface area contributed by atoms with Crippen molar-refractivity contribution in [2.45, 2.75) is 13.3 Å². The maximum Gasteiger partial charge on any atom is 0.335 e. The fourth-order valence-electron chi connectivity index (χ4n) is 1.94. The number of carboxylic acid groups (broad SMARTS) is 1. The monoisotopic (exact) mass is 252 g/mol. The maximum absolute atomic E-state index is 10.8. The van der Waals surface area contributed by atoms with Gasteiger partial charge in [0.25, 0.3) is 0 Å².